The summed E-state index contributed by atoms with van der Waals surface area (Å²) in [5.74, 6) is -0.306. The Morgan fingerprint density at radius 1 is 1.24 bits per heavy atom. The normalized spacial score (nSPS) is 23.7. The number of nitrogens with two attached hydrogens (primary N) is 1. The number of nitrogens with zero attached hydrogens (tertiary/aromatic N) is 1. The van der Waals surface area contributed by atoms with Gasteiger partial charge in [-0.3, -0.25) is 33.0 Å². The van der Waals surface area contributed by atoms with Gasteiger partial charge in [0.1, 0.15) is 29.3 Å². The fourth-order valence-electron chi connectivity index (χ4n) is 4.29. The molecule has 1 aromatic heterocycles. The zero-order valence-electron chi connectivity index (χ0n) is 26.3. The molecule has 6 atom stereocenters. The number of aliphatic hydroxyl groups excluding tert-OH is 1. The molecule has 1 saturated heterocycles. The van der Waals surface area contributed by atoms with E-state index in [2.05, 4.69) is 10.1 Å². The van der Waals surface area contributed by atoms with Gasteiger partial charge < -0.3 is 20.3 Å². The third kappa shape index (κ3) is 10.2. The number of carbonyl (C=O) groups is 2. The van der Waals surface area contributed by atoms with Gasteiger partial charge in [0, 0.05) is 24.6 Å². The quantitative estimate of drug-likeness (QED) is 0.106. The summed E-state index contributed by atoms with van der Waals surface area (Å²) in [6, 6.07) is 9.48. The molecule has 0 aliphatic carbocycles. The Balaban J connectivity index is 1.63. The molecule has 1 fully saturated rings. The highest BCUT2D eigenvalue weighted by Crippen LogP contribution is 2.47. The Labute approximate surface area is 276 Å². The number of ether oxygens (including phenoxy) is 2. The number of Topliss-reactive ketones (excluding diaryl/α,β-unsaturated/α-hetero) is 1. The summed E-state index contributed by atoms with van der Waals surface area (Å²) >= 11 is 7.46. The van der Waals surface area contributed by atoms with E-state index in [4.69, 9.17) is 35.9 Å². The Kier molecular flexibility index (Phi) is 13.6. The van der Waals surface area contributed by atoms with Crippen molar-refractivity contribution in [3.05, 3.63) is 69.0 Å². The lowest BCUT2D eigenvalue weighted by molar-refractivity contribution is -0.139. The molecule has 0 spiro atoms. The van der Waals surface area contributed by atoms with Crippen molar-refractivity contribution in [2.24, 2.45) is 11.7 Å². The molecule has 1 aromatic carbocycles. The number of thioether (sulfide) groups is 1. The number of benzene rings is 1. The first kappa shape index (κ1) is 38.3. The molecular weight excluding hydrogens is 663 g/mol. The molecule has 3 rings (SSSR count). The molecule has 5 N–H and O–H groups in total. The van der Waals surface area contributed by atoms with Crippen LogP contribution in [0.2, 0.25) is 0 Å². The average molecular weight is 705 g/mol. The summed E-state index contributed by atoms with van der Waals surface area (Å²) in [4.78, 5) is 49.5. The second-order valence-electron chi connectivity index (χ2n) is 11.8. The van der Waals surface area contributed by atoms with Crippen molar-refractivity contribution in [1.82, 2.24) is 14.6 Å². The molecule has 1 aliphatic rings. The molecule has 2 aromatic rings. The maximum Gasteiger partial charge on any atom is 0.405 e. The number of H-pyrrole nitrogens is 1. The van der Waals surface area contributed by atoms with Crippen molar-refractivity contribution in [2.75, 3.05) is 25.6 Å². The highest BCUT2D eigenvalue weighted by atomic mass is 35.5. The lowest BCUT2D eigenvalue weighted by Gasteiger charge is -2.26. The van der Waals surface area contributed by atoms with Gasteiger partial charge in [0.25, 0.3) is 5.56 Å². The lowest BCUT2D eigenvalue weighted by Crippen LogP contribution is -2.43. The van der Waals surface area contributed by atoms with Crippen LogP contribution in [0.15, 0.2) is 52.2 Å². The number of aromatic amines is 1. The van der Waals surface area contributed by atoms with Crippen LogP contribution in [0.5, 0.6) is 0 Å². The van der Waals surface area contributed by atoms with E-state index in [1.54, 1.807) is 13.8 Å². The summed E-state index contributed by atoms with van der Waals surface area (Å²) in [5, 5.41) is 13.3. The van der Waals surface area contributed by atoms with Crippen LogP contribution in [0.25, 0.3) is 0 Å². The molecule has 2 heterocycles. The van der Waals surface area contributed by atoms with Crippen molar-refractivity contribution in [3.8, 4) is 0 Å². The Hall–Kier alpha value is -2.17. The Bertz CT molecular complexity index is 1500. The number of nitrogens with one attached hydrogen (secondary N) is 2. The number of alkyl halides is 1. The fraction of sp³-hybridized carbons (Fsp3) is 0.586. The Morgan fingerprint density at radius 2 is 1.91 bits per heavy atom. The highest BCUT2D eigenvalue weighted by Gasteiger charge is 2.54. The van der Waals surface area contributed by atoms with Crippen molar-refractivity contribution in [1.29, 1.82) is 0 Å². The van der Waals surface area contributed by atoms with Gasteiger partial charge in [-0.05, 0) is 32.3 Å². The van der Waals surface area contributed by atoms with E-state index in [1.165, 1.54) is 13.1 Å². The number of rotatable bonds is 17. The molecule has 1 unspecified atom stereocenters. The molecule has 0 radical (unpaired) electrons. The van der Waals surface area contributed by atoms with E-state index < -0.39 is 60.6 Å². The molecule has 0 amide bonds. The van der Waals surface area contributed by atoms with Gasteiger partial charge >= 0.3 is 13.4 Å². The number of hydrogen-bond acceptors (Lipinski definition) is 12. The maximum absolute atomic E-state index is 13.8. The van der Waals surface area contributed by atoms with Crippen LogP contribution in [-0.4, -0.2) is 79.9 Å². The van der Waals surface area contributed by atoms with Gasteiger partial charge in [-0.25, -0.2) is 14.4 Å². The fourth-order valence-corrected chi connectivity index (χ4v) is 6.78. The molecular formula is C29H42ClN4O10PS. The first-order valence-electron chi connectivity index (χ1n) is 14.6. The van der Waals surface area contributed by atoms with Crippen LogP contribution in [0.3, 0.4) is 0 Å². The number of ketones is 1. The number of hydrogen-bond donors (Lipinski definition) is 4. The van der Waals surface area contributed by atoms with E-state index >= 15 is 0 Å². The van der Waals surface area contributed by atoms with Gasteiger partial charge in [0.15, 0.2) is 12.0 Å². The lowest BCUT2D eigenvalue weighted by atomic mass is 10.0. The van der Waals surface area contributed by atoms with Crippen molar-refractivity contribution in [3.63, 3.8) is 0 Å². The third-order valence-electron chi connectivity index (χ3n) is 7.28. The number of aliphatic hydroxyl groups is 1. The van der Waals surface area contributed by atoms with Crippen LogP contribution in [0.4, 0.5) is 0 Å². The van der Waals surface area contributed by atoms with Gasteiger partial charge in [0.2, 0.25) is 5.12 Å². The van der Waals surface area contributed by atoms with E-state index in [0.29, 0.717) is 0 Å². The van der Waals surface area contributed by atoms with E-state index in [1.807, 2.05) is 44.2 Å². The molecule has 1 aliphatic heterocycles. The maximum atomic E-state index is 13.8. The number of carbonyl (C=O) groups excluding carboxylic acids is 2. The molecule has 0 bridgehead atoms. The number of halogens is 1. The molecule has 14 nitrogen and oxygen atoms in total. The topological polar surface area (TPSA) is 201 Å². The van der Waals surface area contributed by atoms with Gasteiger partial charge in [0.05, 0.1) is 19.3 Å². The number of aromatic nitrogens is 2. The van der Waals surface area contributed by atoms with Gasteiger partial charge in [-0.1, -0.05) is 55.9 Å². The standard InChI is InChI=1S/C29H42ClN4O10PS/c1-18(2)23(31)20(35)16-41-28(3,4)26(38)46-14-13-42-45(40,32-15-19-9-7-6-8-10-19)43-17-21-24(37)29(5,30)25(44-21)34-12-11-22(36)33-27(34)39/h6-12,18,21,23-25,37H,13-17,31H2,1-5H3,(H,32,40)(H,33,36,39)/t21-,23-,24-,25-,29-,45?/m1/s1. The second kappa shape index (κ2) is 16.3. The molecule has 256 valence electrons. The zero-order chi connectivity index (χ0) is 34.3. The molecule has 0 saturated carbocycles. The van der Waals surface area contributed by atoms with E-state index in [9.17, 15) is 28.8 Å². The third-order valence-corrected chi connectivity index (χ3v) is 10.4. The van der Waals surface area contributed by atoms with Gasteiger partial charge in [-0.15, -0.1) is 11.6 Å². The van der Waals surface area contributed by atoms with Crippen LogP contribution < -0.4 is 22.1 Å². The van der Waals surface area contributed by atoms with E-state index in [-0.39, 0.29) is 42.3 Å². The predicted octanol–water partition coefficient (Wildman–Crippen LogP) is 2.33. The minimum Gasteiger partial charge on any atom is -0.388 e. The smallest absolute Gasteiger partial charge is 0.388 e. The van der Waals surface area contributed by atoms with Crippen LogP contribution in [0.1, 0.15) is 46.4 Å². The average Bonchev–Trinajstić information content (AvgIpc) is 3.23. The summed E-state index contributed by atoms with van der Waals surface area (Å²) in [6.45, 7) is 7.34. The van der Waals surface area contributed by atoms with Gasteiger partial charge in [-0.2, -0.15) is 0 Å². The minimum atomic E-state index is -4.07. The minimum absolute atomic E-state index is 0.0699. The Morgan fingerprint density at radius 3 is 2.54 bits per heavy atom. The largest absolute Gasteiger partial charge is 0.405 e. The summed E-state index contributed by atoms with van der Waals surface area (Å²) in [6.07, 6.45) is -2.51. The second-order valence-corrected chi connectivity index (χ2v) is 15.5. The SMILES string of the molecule is CC(C)[C@@H](N)C(=O)COC(C)(C)C(=O)SCCOP(=O)(NCc1ccccc1)OC[C@H]1O[C@@H](n2ccc(=O)[nH]c2=O)[C@](C)(Cl)[C@@H]1O. The van der Waals surface area contributed by atoms with Crippen LogP contribution >= 0.6 is 31.1 Å². The first-order chi connectivity index (χ1) is 21.5. The molecule has 17 heteroatoms. The van der Waals surface area contributed by atoms with Crippen molar-refractivity contribution in [2.45, 2.75) is 76.1 Å². The summed E-state index contributed by atoms with van der Waals surface area (Å²) in [7, 11) is -4.07. The van der Waals surface area contributed by atoms with Crippen LogP contribution in [-0.2, 0) is 39.2 Å². The zero-order valence-corrected chi connectivity index (χ0v) is 28.8. The van der Waals surface area contributed by atoms with Crippen molar-refractivity contribution >= 4 is 42.0 Å². The summed E-state index contributed by atoms with van der Waals surface area (Å²) in [5.41, 5.74) is 3.95. The van der Waals surface area contributed by atoms with Crippen LogP contribution in [0, 0.1) is 5.92 Å². The monoisotopic (exact) mass is 704 g/mol. The highest BCUT2D eigenvalue weighted by molar-refractivity contribution is 8.13. The molecule has 46 heavy (non-hydrogen) atoms. The predicted molar refractivity (Wildman–Crippen MR) is 174 cm³/mol. The summed E-state index contributed by atoms with van der Waals surface area (Å²) < 4.78 is 37.6. The van der Waals surface area contributed by atoms with E-state index in [0.717, 1.165) is 28.0 Å². The first-order valence-corrected chi connectivity index (χ1v) is 17.5. The van der Waals surface area contributed by atoms with Crippen molar-refractivity contribution < 1.29 is 37.8 Å².